The Hall–Kier alpha value is -4.89. The molecule has 0 unspecified atom stereocenters. The molecule has 58 heavy (non-hydrogen) atoms. The minimum Gasteiger partial charge on any atom is -0.493 e. The summed E-state index contributed by atoms with van der Waals surface area (Å²) in [6, 6.07) is 26.7. The topological polar surface area (TPSA) is 101 Å². The lowest BCUT2D eigenvalue weighted by atomic mass is 9.83. The second-order valence-electron chi connectivity index (χ2n) is 16.2. The van der Waals surface area contributed by atoms with Crippen molar-refractivity contribution in [3.8, 4) is 22.6 Å². The van der Waals surface area contributed by atoms with E-state index < -0.39 is 18.1 Å². The molecule has 300 valence electrons. The lowest BCUT2D eigenvalue weighted by Crippen LogP contribution is -2.55. The van der Waals surface area contributed by atoms with Gasteiger partial charge in [-0.3, -0.25) is 14.7 Å². The molecule has 0 spiro atoms. The number of aromatic nitrogens is 1. The van der Waals surface area contributed by atoms with Crippen LogP contribution in [0.5, 0.6) is 11.5 Å². The summed E-state index contributed by atoms with van der Waals surface area (Å²) in [6.45, 7) is 6.49. The molecule has 8 rings (SSSR count). The molecule has 0 saturated heterocycles. The number of hydrogen-bond donors (Lipinski definition) is 2. The monoisotopic (exact) mass is 817 g/mol. The number of nitrogens with one attached hydrogen (secondary N) is 1. The van der Waals surface area contributed by atoms with Crippen molar-refractivity contribution in [3.05, 3.63) is 146 Å². The number of halogens is 2. The van der Waals surface area contributed by atoms with E-state index in [4.69, 9.17) is 32.7 Å². The van der Waals surface area contributed by atoms with Crippen LogP contribution in [0.2, 0.25) is 10.0 Å². The van der Waals surface area contributed by atoms with Crippen molar-refractivity contribution in [2.24, 2.45) is 5.92 Å². The molecular weight excluding hydrogens is 769 g/mol. The van der Waals surface area contributed by atoms with E-state index in [1.165, 1.54) is 23.1 Å². The molecule has 2 aliphatic heterocycles. The zero-order chi connectivity index (χ0) is 40.3. The normalized spacial score (nSPS) is 18.5. The van der Waals surface area contributed by atoms with Gasteiger partial charge in [0.1, 0.15) is 24.1 Å². The van der Waals surface area contributed by atoms with E-state index in [0.29, 0.717) is 42.1 Å². The molecule has 1 saturated carbocycles. The maximum Gasteiger partial charge on any atom is 0.326 e. The first-order valence-corrected chi connectivity index (χ1v) is 21.1. The molecule has 1 fully saturated rings. The number of benzene rings is 4. The van der Waals surface area contributed by atoms with Gasteiger partial charge in [0.15, 0.2) is 0 Å². The first kappa shape index (κ1) is 39.9. The van der Waals surface area contributed by atoms with Gasteiger partial charge >= 0.3 is 5.97 Å². The van der Waals surface area contributed by atoms with Crippen LogP contribution in [0.15, 0.2) is 91.1 Å². The molecule has 0 radical (unpaired) electrons. The second-order valence-corrected chi connectivity index (χ2v) is 17.0. The largest absolute Gasteiger partial charge is 0.493 e. The van der Waals surface area contributed by atoms with Crippen LogP contribution in [-0.4, -0.2) is 52.1 Å². The summed E-state index contributed by atoms with van der Waals surface area (Å²) >= 11 is 12.2. The molecule has 1 aliphatic carbocycles. The number of carboxylic acid groups (broad SMARTS) is 1. The van der Waals surface area contributed by atoms with Crippen LogP contribution in [0.25, 0.3) is 11.1 Å². The van der Waals surface area contributed by atoms with Crippen LogP contribution < -0.4 is 14.8 Å². The van der Waals surface area contributed by atoms with Gasteiger partial charge in [-0.15, -0.1) is 0 Å². The van der Waals surface area contributed by atoms with Gasteiger partial charge in [0.25, 0.3) is 0 Å². The lowest BCUT2D eigenvalue weighted by molar-refractivity contribution is -0.143. The zero-order valence-electron chi connectivity index (χ0n) is 33.0. The Labute approximate surface area is 350 Å². The van der Waals surface area contributed by atoms with Gasteiger partial charge < -0.3 is 19.9 Å². The van der Waals surface area contributed by atoms with E-state index in [1.54, 1.807) is 12.3 Å². The second kappa shape index (κ2) is 17.5. The molecule has 1 aromatic heterocycles. The van der Waals surface area contributed by atoms with Gasteiger partial charge in [0.2, 0.25) is 5.91 Å². The SMILES string of the molecule is Cc1nccc(-c2ccc(C[C@H](NC(=O)[C@@H]3Cc4cc5c(cc4CN3CC3CCC3)C[C@H](c3ccc(OCc4ccc(Cl)c(Cl)c4)cc3)CCO5)C(=O)O)cc2)c1C. The standard InChI is InChI=1S/C48H49Cl2N3O5/c1-29-30(2)51-18-16-41(29)35-9-6-31(7-10-35)21-44(48(55)56)52-47(54)45-24-37-25-46-38(23-39(37)27-53(45)26-32-4-3-5-32)22-36(17-19-57-46)34-11-13-40(14-12-34)58-28-33-8-15-42(49)43(50)20-33/h6-16,18,20,23,25,32,36,44-45H,3-5,17,19,21-22,24,26-28H2,1-2H3,(H,52,54)(H,55,56)/t36-,44+,45+/m1/s1. The molecular formula is C48H49Cl2N3O5. The van der Waals surface area contributed by atoms with E-state index in [9.17, 15) is 14.7 Å². The molecule has 2 N–H and O–H groups in total. The van der Waals surface area contributed by atoms with Crippen molar-refractivity contribution >= 4 is 35.1 Å². The van der Waals surface area contributed by atoms with Crippen molar-refractivity contribution < 1.29 is 24.2 Å². The summed E-state index contributed by atoms with van der Waals surface area (Å²) in [5, 5.41) is 14.3. The number of rotatable bonds is 12. The van der Waals surface area contributed by atoms with Crippen molar-refractivity contribution in [2.75, 3.05) is 13.2 Å². The van der Waals surface area contributed by atoms with Gasteiger partial charge in [-0.25, -0.2) is 4.79 Å². The molecule has 10 heteroatoms. The number of nitrogens with zero attached hydrogens (tertiary/aromatic N) is 2. The maximum absolute atomic E-state index is 14.2. The number of aliphatic carboxylic acids is 1. The number of aryl methyl sites for hydroxylation is 1. The Balaban J connectivity index is 0.950. The summed E-state index contributed by atoms with van der Waals surface area (Å²) in [6.07, 6.45) is 7.75. The molecule has 0 bridgehead atoms. The fourth-order valence-electron chi connectivity index (χ4n) is 8.55. The maximum atomic E-state index is 14.2. The highest BCUT2D eigenvalue weighted by Gasteiger charge is 2.37. The van der Waals surface area contributed by atoms with E-state index in [0.717, 1.165) is 82.8 Å². The van der Waals surface area contributed by atoms with Crippen LogP contribution in [0.4, 0.5) is 0 Å². The third-order valence-electron chi connectivity index (χ3n) is 12.3. The average Bonchev–Trinajstić information content (AvgIpc) is 3.41. The van der Waals surface area contributed by atoms with Gasteiger partial charge in [-0.1, -0.05) is 78.2 Å². The third kappa shape index (κ3) is 9.05. The number of pyridine rings is 1. The average molecular weight is 819 g/mol. The number of ether oxygens (including phenoxy) is 2. The first-order chi connectivity index (χ1) is 28.1. The first-order valence-electron chi connectivity index (χ1n) is 20.3. The minimum absolute atomic E-state index is 0.193. The van der Waals surface area contributed by atoms with Gasteiger partial charge in [-0.05, 0) is 144 Å². The van der Waals surface area contributed by atoms with Gasteiger partial charge in [-0.2, -0.15) is 0 Å². The Morgan fingerprint density at radius 2 is 1.67 bits per heavy atom. The highest BCUT2D eigenvalue weighted by molar-refractivity contribution is 6.42. The smallest absolute Gasteiger partial charge is 0.326 e. The molecule has 4 aromatic carbocycles. The number of carboxylic acids is 1. The predicted molar refractivity (Wildman–Crippen MR) is 228 cm³/mol. The van der Waals surface area contributed by atoms with Crippen molar-refractivity contribution in [1.29, 1.82) is 0 Å². The van der Waals surface area contributed by atoms with Crippen LogP contribution in [0.3, 0.4) is 0 Å². The molecule has 5 aromatic rings. The summed E-state index contributed by atoms with van der Waals surface area (Å²) in [5.74, 6) is 1.21. The van der Waals surface area contributed by atoms with Crippen LogP contribution >= 0.6 is 23.2 Å². The Bertz CT molecular complexity index is 2290. The summed E-state index contributed by atoms with van der Waals surface area (Å²) in [4.78, 5) is 33.4. The van der Waals surface area contributed by atoms with Gasteiger partial charge in [0, 0.05) is 31.4 Å². The predicted octanol–water partition coefficient (Wildman–Crippen LogP) is 9.70. The zero-order valence-corrected chi connectivity index (χ0v) is 34.5. The summed E-state index contributed by atoms with van der Waals surface area (Å²) < 4.78 is 12.4. The molecule has 3 aliphatic rings. The van der Waals surface area contributed by atoms with E-state index in [-0.39, 0.29) is 18.2 Å². The Morgan fingerprint density at radius 3 is 2.40 bits per heavy atom. The minimum atomic E-state index is -1.05. The number of carbonyl (C=O) groups is 2. The van der Waals surface area contributed by atoms with Gasteiger partial charge in [0.05, 0.1) is 22.7 Å². The van der Waals surface area contributed by atoms with Crippen LogP contribution in [0.1, 0.15) is 76.2 Å². The third-order valence-corrected chi connectivity index (χ3v) is 13.1. The molecule has 3 heterocycles. The van der Waals surface area contributed by atoms with Crippen LogP contribution in [0, 0.1) is 19.8 Å². The summed E-state index contributed by atoms with van der Waals surface area (Å²) in [5.41, 5.74) is 10.8. The molecule has 3 atom stereocenters. The highest BCUT2D eigenvalue weighted by Crippen LogP contribution is 2.38. The molecule has 1 amide bonds. The Morgan fingerprint density at radius 1 is 0.897 bits per heavy atom. The number of hydrogen-bond acceptors (Lipinski definition) is 6. The number of fused-ring (bicyclic) bond motifs is 2. The van der Waals surface area contributed by atoms with Crippen LogP contribution in [-0.2, 0) is 42.0 Å². The van der Waals surface area contributed by atoms with E-state index in [1.807, 2.05) is 61.5 Å². The van der Waals surface area contributed by atoms with Crippen molar-refractivity contribution in [1.82, 2.24) is 15.2 Å². The highest BCUT2D eigenvalue weighted by atomic mass is 35.5. The quantitative estimate of drug-likeness (QED) is 0.129. The Kier molecular flexibility index (Phi) is 12.1. The molecule has 8 nitrogen and oxygen atoms in total. The number of amides is 1. The summed E-state index contributed by atoms with van der Waals surface area (Å²) in [7, 11) is 0. The lowest BCUT2D eigenvalue weighted by Gasteiger charge is -2.40. The number of carbonyl (C=O) groups excluding carboxylic acids is 1. The fourth-order valence-corrected chi connectivity index (χ4v) is 8.87. The van der Waals surface area contributed by atoms with E-state index in [2.05, 4.69) is 46.4 Å². The fraction of sp³-hybridized carbons (Fsp3) is 0.354. The van der Waals surface area contributed by atoms with Crippen molar-refractivity contribution in [3.63, 3.8) is 0 Å². The van der Waals surface area contributed by atoms with E-state index >= 15 is 0 Å². The van der Waals surface area contributed by atoms with Crippen molar-refractivity contribution in [2.45, 2.75) is 89.9 Å².